The summed E-state index contributed by atoms with van der Waals surface area (Å²) < 4.78 is 11.6. The number of hydrogen-bond acceptors (Lipinski definition) is 2. The molecule has 2 unspecified atom stereocenters. The van der Waals surface area contributed by atoms with Crippen molar-refractivity contribution in [3.63, 3.8) is 0 Å². The van der Waals surface area contributed by atoms with Gasteiger partial charge in [-0.2, -0.15) is 0 Å². The van der Waals surface area contributed by atoms with E-state index in [2.05, 4.69) is 19.1 Å². The summed E-state index contributed by atoms with van der Waals surface area (Å²) in [4.78, 5) is 0. The lowest BCUT2D eigenvalue weighted by atomic mass is 9.96. The van der Waals surface area contributed by atoms with E-state index in [4.69, 9.17) is 9.47 Å². The average molecular weight is 236 g/mol. The molecule has 17 heavy (non-hydrogen) atoms. The molecule has 0 bridgehead atoms. The summed E-state index contributed by atoms with van der Waals surface area (Å²) in [5.41, 5.74) is 1.24. The Morgan fingerprint density at radius 1 is 1.12 bits per heavy atom. The standard InChI is InChI=1S/C13H18O2.C2H6/c1-10-9-14-13(2,3)15-12(10)11-7-5-4-6-8-11;1-2/h4-8,10,12H,9H2,1-3H3;1-2H3. The molecule has 1 aromatic rings. The smallest absolute Gasteiger partial charge is 0.163 e. The normalized spacial score (nSPS) is 26.9. The van der Waals surface area contributed by atoms with Gasteiger partial charge in [0.05, 0.1) is 12.7 Å². The third-order valence-electron chi connectivity index (χ3n) is 2.75. The number of hydrogen-bond donors (Lipinski definition) is 0. The van der Waals surface area contributed by atoms with Crippen LogP contribution in [-0.4, -0.2) is 12.4 Å². The van der Waals surface area contributed by atoms with Gasteiger partial charge in [-0.1, -0.05) is 51.1 Å². The van der Waals surface area contributed by atoms with E-state index in [1.165, 1.54) is 5.56 Å². The lowest BCUT2D eigenvalue weighted by Crippen LogP contribution is -2.40. The quantitative estimate of drug-likeness (QED) is 0.728. The van der Waals surface area contributed by atoms with E-state index in [9.17, 15) is 0 Å². The van der Waals surface area contributed by atoms with Crippen molar-refractivity contribution in [3.05, 3.63) is 35.9 Å². The molecule has 1 aliphatic heterocycles. The van der Waals surface area contributed by atoms with Crippen molar-refractivity contribution in [2.45, 2.75) is 46.5 Å². The summed E-state index contributed by atoms with van der Waals surface area (Å²) in [6, 6.07) is 10.4. The second-order valence-corrected chi connectivity index (χ2v) is 4.64. The first-order valence-corrected chi connectivity index (χ1v) is 6.45. The first-order chi connectivity index (χ1) is 8.08. The average Bonchev–Trinajstić information content (AvgIpc) is 2.36. The van der Waals surface area contributed by atoms with E-state index in [1.54, 1.807) is 0 Å². The van der Waals surface area contributed by atoms with Crippen molar-refractivity contribution in [2.75, 3.05) is 6.61 Å². The molecule has 0 N–H and O–H groups in total. The Kier molecular flexibility index (Phi) is 5.16. The summed E-state index contributed by atoms with van der Waals surface area (Å²) in [5, 5.41) is 0. The summed E-state index contributed by atoms with van der Waals surface area (Å²) in [7, 11) is 0. The third kappa shape index (κ3) is 3.83. The number of benzene rings is 1. The highest BCUT2D eigenvalue weighted by Gasteiger charge is 2.34. The Labute approximate surface area is 105 Å². The van der Waals surface area contributed by atoms with Crippen LogP contribution in [0.25, 0.3) is 0 Å². The van der Waals surface area contributed by atoms with Gasteiger partial charge in [-0.25, -0.2) is 0 Å². The molecule has 0 spiro atoms. The predicted octanol–water partition coefficient (Wildman–Crippen LogP) is 4.17. The Hall–Kier alpha value is -0.860. The predicted molar refractivity (Wildman–Crippen MR) is 70.8 cm³/mol. The maximum atomic E-state index is 5.95. The number of ether oxygens (including phenoxy) is 2. The largest absolute Gasteiger partial charge is 0.350 e. The van der Waals surface area contributed by atoms with Gasteiger partial charge in [0, 0.05) is 5.92 Å². The molecule has 1 fully saturated rings. The molecule has 0 saturated carbocycles. The van der Waals surface area contributed by atoms with E-state index in [0.717, 1.165) is 6.61 Å². The van der Waals surface area contributed by atoms with E-state index in [1.807, 2.05) is 45.9 Å². The van der Waals surface area contributed by atoms with Crippen molar-refractivity contribution >= 4 is 0 Å². The Balaban J connectivity index is 0.000000686. The molecule has 0 amide bonds. The molecule has 0 radical (unpaired) electrons. The second-order valence-electron chi connectivity index (χ2n) is 4.64. The Morgan fingerprint density at radius 2 is 1.71 bits per heavy atom. The Bertz CT molecular complexity index is 319. The third-order valence-corrected chi connectivity index (χ3v) is 2.75. The van der Waals surface area contributed by atoms with Crippen molar-refractivity contribution in [1.82, 2.24) is 0 Å². The van der Waals surface area contributed by atoms with Crippen LogP contribution in [0.4, 0.5) is 0 Å². The highest BCUT2D eigenvalue weighted by atomic mass is 16.7. The van der Waals surface area contributed by atoms with Gasteiger partial charge in [0.25, 0.3) is 0 Å². The topological polar surface area (TPSA) is 18.5 Å². The van der Waals surface area contributed by atoms with Gasteiger partial charge in [-0.05, 0) is 19.4 Å². The van der Waals surface area contributed by atoms with Crippen molar-refractivity contribution in [2.24, 2.45) is 5.92 Å². The zero-order valence-electron chi connectivity index (χ0n) is 11.6. The van der Waals surface area contributed by atoms with Crippen LogP contribution in [0.3, 0.4) is 0 Å². The van der Waals surface area contributed by atoms with E-state index >= 15 is 0 Å². The van der Waals surface area contributed by atoms with Crippen molar-refractivity contribution < 1.29 is 9.47 Å². The molecule has 0 aliphatic carbocycles. The van der Waals surface area contributed by atoms with Crippen LogP contribution in [0.2, 0.25) is 0 Å². The molecule has 0 aromatic heterocycles. The zero-order chi connectivity index (χ0) is 12.9. The molecule has 2 nitrogen and oxygen atoms in total. The maximum absolute atomic E-state index is 5.95. The molecular weight excluding hydrogens is 212 g/mol. The minimum atomic E-state index is -0.465. The van der Waals surface area contributed by atoms with E-state index < -0.39 is 5.79 Å². The summed E-state index contributed by atoms with van der Waals surface area (Å²) in [6.07, 6.45) is 0.148. The zero-order valence-corrected chi connectivity index (χ0v) is 11.6. The minimum absolute atomic E-state index is 0.148. The van der Waals surface area contributed by atoms with Gasteiger partial charge >= 0.3 is 0 Å². The molecule has 2 atom stereocenters. The number of rotatable bonds is 1. The van der Waals surface area contributed by atoms with Crippen LogP contribution < -0.4 is 0 Å². The van der Waals surface area contributed by atoms with Crippen LogP contribution >= 0.6 is 0 Å². The van der Waals surface area contributed by atoms with Gasteiger partial charge in [-0.15, -0.1) is 0 Å². The van der Waals surface area contributed by atoms with E-state index in [-0.39, 0.29) is 6.10 Å². The van der Waals surface area contributed by atoms with Gasteiger partial charge in [-0.3, -0.25) is 0 Å². The maximum Gasteiger partial charge on any atom is 0.163 e. The lowest BCUT2D eigenvalue weighted by molar-refractivity contribution is -0.293. The highest BCUT2D eigenvalue weighted by molar-refractivity contribution is 5.18. The molecule has 1 heterocycles. The monoisotopic (exact) mass is 236 g/mol. The van der Waals surface area contributed by atoms with Gasteiger partial charge in [0.1, 0.15) is 0 Å². The Morgan fingerprint density at radius 3 is 2.29 bits per heavy atom. The van der Waals surface area contributed by atoms with Crippen molar-refractivity contribution in [1.29, 1.82) is 0 Å². The SMILES string of the molecule is CC.CC1COC(C)(C)OC1c1ccccc1. The fourth-order valence-corrected chi connectivity index (χ4v) is 1.91. The highest BCUT2D eigenvalue weighted by Crippen LogP contribution is 2.36. The second kappa shape index (κ2) is 6.18. The van der Waals surface area contributed by atoms with Gasteiger partial charge < -0.3 is 9.47 Å². The minimum Gasteiger partial charge on any atom is -0.350 e. The van der Waals surface area contributed by atoms with E-state index in [0.29, 0.717) is 5.92 Å². The summed E-state index contributed by atoms with van der Waals surface area (Å²) >= 11 is 0. The molecular formula is C15H24O2. The van der Waals surface area contributed by atoms with Crippen LogP contribution in [0.15, 0.2) is 30.3 Å². The molecule has 1 aromatic carbocycles. The van der Waals surface area contributed by atoms with Crippen LogP contribution in [-0.2, 0) is 9.47 Å². The first kappa shape index (κ1) is 14.2. The summed E-state index contributed by atoms with van der Waals surface area (Å²) in [6.45, 7) is 10.9. The lowest BCUT2D eigenvalue weighted by Gasteiger charge is -2.40. The molecule has 96 valence electrons. The van der Waals surface area contributed by atoms with Crippen molar-refractivity contribution in [3.8, 4) is 0 Å². The molecule has 2 rings (SSSR count). The van der Waals surface area contributed by atoms with Gasteiger partial charge in [0.2, 0.25) is 0 Å². The fraction of sp³-hybridized carbons (Fsp3) is 0.600. The molecule has 1 saturated heterocycles. The fourth-order valence-electron chi connectivity index (χ4n) is 1.91. The van der Waals surface area contributed by atoms with Crippen LogP contribution in [0.1, 0.15) is 46.3 Å². The first-order valence-electron chi connectivity index (χ1n) is 6.45. The molecule has 2 heteroatoms. The van der Waals surface area contributed by atoms with Crippen LogP contribution in [0, 0.1) is 5.92 Å². The van der Waals surface area contributed by atoms with Gasteiger partial charge in [0.15, 0.2) is 5.79 Å². The van der Waals surface area contributed by atoms with Crippen LogP contribution in [0.5, 0.6) is 0 Å². The molecule has 1 aliphatic rings. The summed E-state index contributed by atoms with van der Waals surface area (Å²) in [5.74, 6) is -0.0621.